The Kier molecular flexibility index (Phi) is 6.55. The second kappa shape index (κ2) is 8.94. The van der Waals surface area contributed by atoms with Gasteiger partial charge in [-0.1, -0.05) is 6.92 Å². The van der Waals surface area contributed by atoms with Gasteiger partial charge in [0.05, 0.1) is 12.1 Å². The highest BCUT2D eigenvalue weighted by molar-refractivity contribution is 5.79. The topological polar surface area (TPSA) is 82.6 Å². The first kappa shape index (κ1) is 20.5. The molecule has 0 bridgehead atoms. The summed E-state index contributed by atoms with van der Waals surface area (Å²) >= 11 is 0. The highest BCUT2D eigenvalue weighted by Gasteiger charge is 2.45. The van der Waals surface area contributed by atoms with Gasteiger partial charge in [-0.2, -0.15) is 5.48 Å². The van der Waals surface area contributed by atoms with Crippen LogP contribution in [-0.4, -0.2) is 42.2 Å². The Balaban J connectivity index is 1.29. The maximum atomic E-state index is 14.3. The molecule has 1 amide bonds. The number of aliphatic hydroxyl groups excluding tert-OH is 1. The van der Waals surface area contributed by atoms with Gasteiger partial charge in [0.2, 0.25) is 5.91 Å². The zero-order valence-electron chi connectivity index (χ0n) is 16.9. The van der Waals surface area contributed by atoms with Crippen molar-refractivity contribution in [2.45, 2.75) is 89.3 Å². The van der Waals surface area contributed by atoms with E-state index < -0.39 is 12.1 Å². The summed E-state index contributed by atoms with van der Waals surface area (Å²) in [5.74, 6) is 1.06. The number of carbonyl (C=O) groups is 1. The molecular formula is C21H36FN3O3. The molecule has 160 valence electrons. The first-order chi connectivity index (χ1) is 13.6. The number of fused-ring (bicyclic) bond motifs is 1. The Hall–Kier alpha value is -0.760. The first-order valence-electron chi connectivity index (χ1n) is 11.3. The van der Waals surface area contributed by atoms with E-state index in [0.717, 1.165) is 38.5 Å². The number of hydrogen-bond acceptors (Lipinski definition) is 5. The molecule has 7 heteroatoms. The van der Waals surface area contributed by atoms with Crippen molar-refractivity contribution in [3.63, 3.8) is 0 Å². The molecule has 3 aliphatic carbocycles. The number of aliphatic hydroxyl groups is 1. The summed E-state index contributed by atoms with van der Waals surface area (Å²) in [4.78, 5) is 18.4. The van der Waals surface area contributed by atoms with Crippen molar-refractivity contribution in [1.82, 2.24) is 16.1 Å². The number of alkyl halides is 1. The third-order valence-corrected chi connectivity index (χ3v) is 7.79. The quantitative estimate of drug-likeness (QED) is 0.572. The minimum absolute atomic E-state index is 0.0534. The molecule has 1 saturated heterocycles. The Morgan fingerprint density at radius 2 is 1.96 bits per heavy atom. The molecule has 8 unspecified atom stereocenters. The van der Waals surface area contributed by atoms with Crippen LogP contribution in [0.4, 0.5) is 4.39 Å². The molecule has 1 heterocycles. The molecule has 0 radical (unpaired) electrons. The van der Waals surface area contributed by atoms with Gasteiger partial charge in [0.1, 0.15) is 12.4 Å². The Morgan fingerprint density at radius 3 is 2.71 bits per heavy atom. The van der Waals surface area contributed by atoms with E-state index >= 15 is 0 Å². The lowest BCUT2D eigenvalue weighted by molar-refractivity contribution is -0.130. The molecule has 1 aliphatic heterocycles. The van der Waals surface area contributed by atoms with Crippen LogP contribution < -0.4 is 16.1 Å². The van der Waals surface area contributed by atoms with Gasteiger partial charge in [0.25, 0.3) is 0 Å². The minimum Gasteiger partial charge on any atom is -0.396 e. The number of nitrogens with one attached hydrogen (secondary N) is 3. The lowest BCUT2D eigenvalue weighted by Crippen LogP contribution is -2.48. The van der Waals surface area contributed by atoms with E-state index in [1.165, 1.54) is 0 Å². The van der Waals surface area contributed by atoms with E-state index in [-0.39, 0.29) is 36.9 Å². The third kappa shape index (κ3) is 4.23. The monoisotopic (exact) mass is 397 g/mol. The second-order valence-electron chi connectivity index (χ2n) is 9.45. The predicted octanol–water partition coefficient (Wildman–Crippen LogP) is 2.23. The van der Waals surface area contributed by atoms with Crippen LogP contribution in [0.2, 0.25) is 0 Å². The van der Waals surface area contributed by atoms with Gasteiger partial charge < -0.3 is 10.4 Å². The largest absolute Gasteiger partial charge is 0.396 e. The summed E-state index contributed by atoms with van der Waals surface area (Å²) in [5.41, 5.74) is 3.17. The first-order valence-corrected chi connectivity index (χ1v) is 11.3. The van der Waals surface area contributed by atoms with Gasteiger partial charge in [-0.05, 0) is 81.5 Å². The fourth-order valence-electron chi connectivity index (χ4n) is 6.08. The lowest BCUT2D eigenvalue weighted by atomic mass is 9.73. The summed E-state index contributed by atoms with van der Waals surface area (Å²) in [6, 6.07) is 0.185. The minimum atomic E-state index is -1.07. The standard InChI is InChI=1S/C21H36FN3O3/c1-2-19-24-20(25-28-19)14-4-6-15-13(10-14)5-8-18(15)23-21(27)16-9-12(11-26)3-7-17(16)22/h12-20,24-26H,2-11H2,1H3,(H,23,27)/t12?,13?,14?,15?,16?,17?,18-,19?,20?/m1/s1. The van der Waals surface area contributed by atoms with Gasteiger partial charge in [0.15, 0.2) is 0 Å². The molecule has 0 spiro atoms. The lowest BCUT2D eigenvalue weighted by Gasteiger charge is -2.37. The molecule has 4 rings (SSSR count). The Bertz CT molecular complexity index is 551. The van der Waals surface area contributed by atoms with Crippen LogP contribution in [-0.2, 0) is 9.63 Å². The summed E-state index contributed by atoms with van der Waals surface area (Å²) in [6.45, 7) is 2.16. The van der Waals surface area contributed by atoms with Crippen molar-refractivity contribution in [2.24, 2.45) is 29.6 Å². The highest BCUT2D eigenvalue weighted by Crippen LogP contribution is 2.45. The fourth-order valence-corrected chi connectivity index (χ4v) is 6.08. The molecule has 4 aliphatic rings. The summed E-state index contributed by atoms with van der Waals surface area (Å²) < 4.78 is 14.3. The van der Waals surface area contributed by atoms with E-state index in [9.17, 15) is 14.3 Å². The Labute approximate surface area is 167 Å². The number of hydroxylamine groups is 1. The van der Waals surface area contributed by atoms with E-state index in [1.807, 2.05) is 0 Å². The average Bonchev–Trinajstić information content (AvgIpc) is 3.35. The molecule has 4 fully saturated rings. The zero-order valence-corrected chi connectivity index (χ0v) is 16.9. The molecule has 0 aromatic heterocycles. The van der Waals surface area contributed by atoms with Crippen molar-refractivity contribution in [3.8, 4) is 0 Å². The molecular weight excluding hydrogens is 361 g/mol. The van der Waals surface area contributed by atoms with Crippen LogP contribution in [0.3, 0.4) is 0 Å². The number of halogens is 1. The molecule has 3 saturated carbocycles. The normalized spacial score (nSPS) is 46.3. The van der Waals surface area contributed by atoms with E-state index in [0.29, 0.717) is 37.0 Å². The molecule has 9 atom stereocenters. The summed E-state index contributed by atoms with van der Waals surface area (Å²) in [5, 5.41) is 16.1. The van der Waals surface area contributed by atoms with Crippen molar-refractivity contribution in [1.29, 1.82) is 0 Å². The number of carbonyl (C=O) groups excluding carboxylic acids is 1. The summed E-state index contributed by atoms with van der Waals surface area (Å²) in [7, 11) is 0. The zero-order chi connectivity index (χ0) is 19.7. The van der Waals surface area contributed by atoms with Crippen LogP contribution in [0.5, 0.6) is 0 Å². The highest BCUT2D eigenvalue weighted by atomic mass is 19.1. The van der Waals surface area contributed by atoms with Gasteiger partial charge in [0, 0.05) is 12.6 Å². The summed E-state index contributed by atoms with van der Waals surface area (Å²) in [6.07, 6.45) is 7.29. The SMILES string of the molecule is CCC1NC(C2CCC3C(CC[C@H]3NC(=O)C3CC(CO)CCC3F)C2)NO1. The van der Waals surface area contributed by atoms with Crippen LogP contribution in [0.15, 0.2) is 0 Å². The number of hydrogen-bond donors (Lipinski definition) is 4. The molecule has 0 aromatic carbocycles. The van der Waals surface area contributed by atoms with Crippen LogP contribution in [0.1, 0.15) is 64.7 Å². The van der Waals surface area contributed by atoms with E-state index in [1.54, 1.807) is 0 Å². The molecule has 0 aromatic rings. The third-order valence-electron chi connectivity index (χ3n) is 7.79. The molecule has 4 N–H and O–H groups in total. The smallest absolute Gasteiger partial charge is 0.226 e. The average molecular weight is 398 g/mol. The predicted molar refractivity (Wildman–Crippen MR) is 104 cm³/mol. The van der Waals surface area contributed by atoms with Crippen molar-refractivity contribution >= 4 is 5.91 Å². The van der Waals surface area contributed by atoms with Crippen molar-refractivity contribution in [3.05, 3.63) is 0 Å². The van der Waals surface area contributed by atoms with Crippen LogP contribution >= 0.6 is 0 Å². The van der Waals surface area contributed by atoms with Crippen molar-refractivity contribution < 1.29 is 19.1 Å². The number of amides is 1. The molecule has 6 nitrogen and oxygen atoms in total. The van der Waals surface area contributed by atoms with Crippen LogP contribution in [0.25, 0.3) is 0 Å². The van der Waals surface area contributed by atoms with E-state index in [4.69, 9.17) is 4.84 Å². The molecule has 28 heavy (non-hydrogen) atoms. The van der Waals surface area contributed by atoms with Gasteiger partial charge in [-0.25, -0.2) is 4.39 Å². The second-order valence-corrected chi connectivity index (χ2v) is 9.45. The number of rotatable bonds is 5. The Morgan fingerprint density at radius 1 is 1.14 bits per heavy atom. The fraction of sp³-hybridized carbons (Fsp3) is 0.952. The maximum absolute atomic E-state index is 14.3. The van der Waals surface area contributed by atoms with Gasteiger partial charge in [-0.3, -0.25) is 14.9 Å². The maximum Gasteiger partial charge on any atom is 0.226 e. The van der Waals surface area contributed by atoms with Crippen LogP contribution in [0, 0.1) is 29.6 Å². The van der Waals surface area contributed by atoms with E-state index in [2.05, 4.69) is 23.0 Å². The van der Waals surface area contributed by atoms with Crippen molar-refractivity contribution in [2.75, 3.05) is 6.61 Å². The van der Waals surface area contributed by atoms with Gasteiger partial charge >= 0.3 is 0 Å². The van der Waals surface area contributed by atoms with Gasteiger partial charge in [-0.15, -0.1) is 0 Å².